The number of benzene rings is 2. The van der Waals surface area contributed by atoms with Crippen LogP contribution in [0, 0.1) is 0 Å². The topological polar surface area (TPSA) is 67.2 Å². The lowest BCUT2D eigenvalue weighted by Gasteiger charge is -2.05. The summed E-state index contributed by atoms with van der Waals surface area (Å²) in [5.41, 5.74) is 0.676. The molecule has 0 atom stereocenters. The highest BCUT2D eigenvalue weighted by Crippen LogP contribution is 2.33. The van der Waals surface area contributed by atoms with Crippen molar-refractivity contribution in [2.45, 2.75) is 11.1 Å². The molecule has 130 valence electrons. The van der Waals surface area contributed by atoms with E-state index in [-0.39, 0.29) is 11.9 Å². The van der Waals surface area contributed by atoms with E-state index in [1.807, 2.05) is 0 Å². The molecule has 0 radical (unpaired) electrons. The second kappa shape index (κ2) is 6.67. The van der Waals surface area contributed by atoms with Gasteiger partial charge in [-0.05, 0) is 48.3 Å². The van der Waals surface area contributed by atoms with Crippen molar-refractivity contribution < 1.29 is 22.4 Å². The molecule has 3 rings (SSSR count). The number of hydrogen-bond acceptors (Lipinski definition) is 4. The van der Waals surface area contributed by atoms with Gasteiger partial charge in [0.2, 0.25) is 5.89 Å². The summed E-state index contributed by atoms with van der Waals surface area (Å²) in [5.74, 6) is 0.205. The van der Waals surface area contributed by atoms with Gasteiger partial charge in [0.1, 0.15) is 5.52 Å². The summed E-state index contributed by atoms with van der Waals surface area (Å²) in [6.07, 6.45) is -4.39. The molecule has 0 saturated heterocycles. The summed E-state index contributed by atoms with van der Waals surface area (Å²) in [7, 11) is 1.50. The first-order valence-electron chi connectivity index (χ1n) is 7.10. The summed E-state index contributed by atoms with van der Waals surface area (Å²) < 4.78 is 46.1. The van der Waals surface area contributed by atoms with E-state index in [2.05, 4.69) is 15.0 Å². The number of rotatable bonds is 3. The molecular formula is C16H12F3N3O2S. The molecule has 0 aliphatic heterocycles. The Bertz CT molecular complexity index is 907. The fraction of sp³-hybridized carbons (Fsp3) is 0.125. The first kappa shape index (κ1) is 17.2. The quantitative estimate of drug-likeness (QED) is 0.671. The zero-order valence-electron chi connectivity index (χ0n) is 12.8. The van der Waals surface area contributed by atoms with E-state index < -0.39 is 11.7 Å². The van der Waals surface area contributed by atoms with E-state index in [0.717, 1.165) is 24.1 Å². The van der Waals surface area contributed by atoms with Crippen LogP contribution in [-0.2, 0) is 6.18 Å². The number of nitrogens with zero attached hydrogens (tertiary/aromatic N) is 1. The van der Waals surface area contributed by atoms with Gasteiger partial charge in [0, 0.05) is 12.6 Å². The molecule has 3 aromatic rings. The normalized spacial score (nSPS) is 11.5. The predicted octanol–water partition coefficient (Wildman–Crippen LogP) is 4.45. The average Bonchev–Trinajstić information content (AvgIpc) is 3.03. The van der Waals surface area contributed by atoms with Crippen molar-refractivity contribution in [3.63, 3.8) is 0 Å². The first-order chi connectivity index (χ1) is 11.9. The van der Waals surface area contributed by atoms with Gasteiger partial charge in [-0.15, -0.1) is 0 Å². The molecule has 0 aliphatic carbocycles. The van der Waals surface area contributed by atoms with Gasteiger partial charge in [0.15, 0.2) is 5.58 Å². The van der Waals surface area contributed by atoms with Gasteiger partial charge < -0.3 is 9.73 Å². The smallest absolute Gasteiger partial charge is 0.416 e. The lowest BCUT2D eigenvalue weighted by Crippen LogP contribution is -2.27. The molecule has 2 aromatic carbocycles. The Labute approximate surface area is 144 Å². The van der Waals surface area contributed by atoms with Crippen LogP contribution in [0.1, 0.15) is 5.56 Å². The van der Waals surface area contributed by atoms with Crippen molar-refractivity contribution in [3.05, 3.63) is 48.0 Å². The molecule has 0 spiro atoms. The van der Waals surface area contributed by atoms with Crippen molar-refractivity contribution >= 4 is 29.1 Å². The number of urea groups is 1. The molecule has 9 heteroatoms. The molecule has 0 unspecified atom stereocenters. The molecule has 1 heterocycles. The Morgan fingerprint density at radius 3 is 2.52 bits per heavy atom. The number of carbonyl (C=O) groups excluding carboxylic acids is 1. The zero-order valence-corrected chi connectivity index (χ0v) is 13.7. The molecule has 25 heavy (non-hydrogen) atoms. The molecular weight excluding hydrogens is 355 g/mol. The van der Waals surface area contributed by atoms with Crippen molar-refractivity contribution in [3.8, 4) is 11.5 Å². The monoisotopic (exact) mass is 367 g/mol. The second-order valence-corrected chi connectivity index (χ2v) is 5.83. The molecule has 0 saturated carbocycles. The highest BCUT2D eigenvalue weighted by Gasteiger charge is 2.30. The first-order valence-corrected chi connectivity index (χ1v) is 7.92. The van der Waals surface area contributed by atoms with Crippen molar-refractivity contribution in [2.75, 3.05) is 7.05 Å². The van der Waals surface area contributed by atoms with Crippen LogP contribution in [0.2, 0.25) is 0 Å². The van der Waals surface area contributed by atoms with E-state index in [9.17, 15) is 18.0 Å². The number of halogens is 3. The van der Waals surface area contributed by atoms with Gasteiger partial charge in [-0.25, -0.2) is 9.78 Å². The van der Waals surface area contributed by atoms with Gasteiger partial charge >= 0.3 is 12.2 Å². The molecule has 0 fully saturated rings. The number of nitrogens with one attached hydrogen (secondary N) is 2. The number of oxazole rings is 1. The molecule has 1 aromatic heterocycles. The van der Waals surface area contributed by atoms with Crippen LogP contribution in [0.5, 0.6) is 0 Å². The minimum Gasteiger partial charge on any atom is -0.436 e. The van der Waals surface area contributed by atoms with E-state index >= 15 is 0 Å². The number of para-hydroxylation sites is 1. The van der Waals surface area contributed by atoms with Gasteiger partial charge in [0.05, 0.1) is 10.5 Å². The average molecular weight is 367 g/mol. The largest absolute Gasteiger partial charge is 0.436 e. The van der Waals surface area contributed by atoms with Crippen LogP contribution in [0.4, 0.5) is 18.0 Å². The van der Waals surface area contributed by atoms with E-state index in [0.29, 0.717) is 21.6 Å². The highest BCUT2D eigenvalue weighted by atomic mass is 32.2. The maximum absolute atomic E-state index is 12.6. The van der Waals surface area contributed by atoms with Gasteiger partial charge in [-0.1, -0.05) is 6.07 Å². The van der Waals surface area contributed by atoms with Crippen LogP contribution in [0.3, 0.4) is 0 Å². The second-order valence-electron chi connectivity index (χ2n) is 4.98. The molecule has 0 bridgehead atoms. The Balaban J connectivity index is 1.92. The van der Waals surface area contributed by atoms with E-state index in [1.54, 1.807) is 18.2 Å². The fourth-order valence-electron chi connectivity index (χ4n) is 2.08. The van der Waals surface area contributed by atoms with Crippen molar-refractivity contribution in [2.24, 2.45) is 0 Å². The predicted molar refractivity (Wildman–Crippen MR) is 87.9 cm³/mol. The van der Waals surface area contributed by atoms with Gasteiger partial charge in [-0.2, -0.15) is 13.2 Å². The molecule has 2 N–H and O–H groups in total. The Hall–Kier alpha value is -2.68. The molecule has 5 nitrogen and oxygen atoms in total. The SMILES string of the molecule is CNC(=O)NSc1cccc2oc(-c3ccc(C(F)(F)F)cc3)nc12. The highest BCUT2D eigenvalue weighted by molar-refractivity contribution is 7.98. The molecule has 2 amide bonds. The van der Waals surface area contributed by atoms with E-state index in [1.165, 1.54) is 19.2 Å². The Kier molecular flexibility index (Phi) is 4.58. The number of carbonyl (C=O) groups is 1. The van der Waals surface area contributed by atoms with Crippen LogP contribution in [0.15, 0.2) is 51.8 Å². The lowest BCUT2D eigenvalue weighted by atomic mass is 10.1. The minimum atomic E-state index is -4.39. The van der Waals surface area contributed by atoms with Crippen LogP contribution in [0.25, 0.3) is 22.6 Å². The third-order valence-electron chi connectivity index (χ3n) is 3.32. The van der Waals surface area contributed by atoms with Crippen LogP contribution in [-0.4, -0.2) is 18.1 Å². The van der Waals surface area contributed by atoms with Gasteiger partial charge in [-0.3, -0.25) is 4.72 Å². The van der Waals surface area contributed by atoms with Crippen LogP contribution < -0.4 is 10.0 Å². The summed E-state index contributed by atoms with van der Waals surface area (Å²) in [4.78, 5) is 16.3. The number of aromatic nitrogens is 1. The summed E-state index contributed by atoms with van der Waals surface area (Å²) in [6, 6.07) is 9.39. The van der Waals surface area contributed by atoms with Crippen molar-refractivity contribution in [1.29, 1.82) is 0 Å². The summed E-state index contributed by atoms with van der Waals surface area (Å²) in [5, 5.41) is 2.43. The Morgan fingerprint density at radius 2 is 1.88 bits per heavy atom. The third-order valence-corrected chi connectivity index (χ3v) is 4.16. The number of amides is 2. The summed E-state index contributed by atoms with van der Waals surface area (Å²) in [6.45, 7) is 0. The molecule has 0 aliphatic rings. The number of fused-ring (bicyclic) bond motifs is 1. The minimum absolute atomic E-state index is 0.205. The fourth-order valence-corrected chi connectivity index (χ4v) is 2.78. The van der Waals surface area contributed by atoms with Crippen LogP contribution >= 0.6 is 11.9 Å². The summed E-state index contributed by atoms with van der Waals surface area (Å²) >= 11 is 1.06. The Morgan fingerprint density at radius 1 is 1.16 bits per heavy atom. The number of alkyl halides is 3. The maximum atomic E-state index is 12.6. The number of hydrogen-bond donors (Lipinski definition) is 2. The third kappa shape index (κ3) is 3.71. The standard InChI is InChI=1S/C16H12F3N3O2S/c1-20-15(23)22-25-12-4-2-3-11-13(12)21-14(24-11)9-5-7-10(8-6-9)16(17,18)19/h2-8H,1H3,(H2,20,22,23). The van der Waals surface area contributed by atoms with E-state index in [4.69, 9.17) is 4.42 Å². The maximum Gasteiger partial charge on any atom is 0.416 e. The van der Waals surface area contributed by atoms with Gasteiger partial charge in [0.25, 0.3) is 0 Å². The zero-order chi connectivity index (χ0) is 18.0. The lowest BCUT2D eigenvalue weighted by molar-refractivity contribution is -0.137. The van der Waals surface area contributed by atoms with Crippen molar-refractivity contribution in [1.82, 2.24) is 15.0 Å².